The molecule has 1 aromatic carbocycles. The smallest absolute Gasteiger partial charge is 0.0520 e. The van der Waals surface area contributed by atoms with E-state index in [0.717, 1.165) is 11.4 Å². The second-order valence-electron chi connectivity index (χ2n) is 2.51. The normalized spacial score (nSPS) is 12.1. The fourth-order valence-electron chi connectivity index (χ4n) is 1.09. The van der Waals surface area contributed by atoms with Gasteiger partial charge in [0.25, 0.3) is 0 Å². The van der Waals surface area contributed by atoms with Crippen LogP contribution in [0.5, 0.6) is 0 Å². The lowest BCUT2D eigenvalue weighted by Gasteiger charge is -2.18. The van der Waals surface area contributed by atoms with Gasteiger partial charge in [-0.15, -0.1) is 11.8 Å². The Labute approximate surface area is 98.0 Å². The van der Waals surface area contributed by atoms with Crippen LogP contribution in [0.4, 0.5) is 5.69 Å². The van der Waals surface area contributed by atoms with Gasteiger partial charge in [0.1, 0.15) is 0 Å². The Morgan fingerprint density at radius 2 is 1.73 bits per heavy atom. The summed E-state index contributed by atoms with van der Waals surface area (Å²) in [6.45, 7) is 11.9. The lowest BCUT2D eigenvalue weighted by molar-refractivity contribution is 1.30. The summed E-state index contributed by atoms with van der Waals surface area (Å²) in [6, 6.07) is 8.29. The van der Waals surface area contributed by atoms with Crippen LogP contribution in [0.2, 0.25) is 0 Å². The van der Waals surface area contributed by atoms with Gasteiger partial charge in [-0.05, 0) is 12.1 Å². The summed E-state index contributed by atoms with van der Waals surface area (Å²) < 4.78 is 0. The molecule has 0 fully saturated rings. The molecule has 1 aliphatic heterocycles. The van der Waals surface area contributed by atoms with Gasteiger partial charge in [0.05, 0.1) is 5.69 Å². The first kappa shape index (κ1) is 14.1. The van der Waals surface area contributed by atoms with E-state index in [4.69, 9.17) is 0 Å². The second kappa shape index (κ2) is 8.42. The summed E-state index contributed by atoms with van der Waals surface area (Å²) in [5, 5.41) is 3.24. The SMILES string of the molecule is C=C1CSc2ccccc2N1.CC.CC. The van der Waals surface area contributed by atoms with Crippen molar-refractivity contribution in [3.8, 4) is 0 Å². The zero-order chi connectivity index (χ0) is 11.7. The molecule has 1 N–H and O–H groups in total. The lowest BCUT2D eigenvalue weighted by Crippen LogP contribution is -2.06. The highest BCUT2D eigenvalue weighted by atomic mass is 32.2. The summed E-state index contributed by atoms with van der Waals surface area (Å²) in [6.07, 6.45) is 0. The minimum atomic E-state index is 0.983. The topological polar surface area (TPSA) is 12.0 Å². The van der Waals surface area contributed by atoms with Crippen LogP contribution in [0.15, 0.2) is 41.4 Å². The average molecular weight is 223 g/mol. The Morgan fingerprint density at radius 1 is 1.13 bits per heavy atom. The zero-order valence-corrected chi connectivity index (χ0v) is 10.9. The Morgan fingerprint density at radius 3 is 2.40 bits per heavy atom. The Bertz CT molecular complexity index is 294. The van der Waals surface area contributed by atoms with E-state index in [0.29, 0.717) is 0 Å². The number of rotatable bonds is 0. The highest BCUT2D eigenvalue weighted by molar-refractivity contribution is 7.99. The van der Waals surface area contributed by atoms with Crippen molar-refractivity contribution in [2.75, 3.05) is 11.1 Å². The lowest BCUT2D eigenvalue weighted by atomic mass is 10.3. The number of thioether (sulfide) groups is 1. The minimum Gasteiger partial charge on any atom is -0.358 e. The third kappa shape index (κ3) is 4.43. The van der Waals surface area contributed by atoms with Gasteiger partial charge in [-0.3, -0.25) is 0 Å². The first-order valence-electron chi connectivity index (χ1n) is 5.53. The van der Waals surface area contributed by atoms with E-state index in [-0.39, 0.29) is 0 Å². The van der Waals surface area contributed by atoms with E-state index in [2.05, 4.69) is 30.1 Å². The maximum absolute atomic E-state index is 3.88. The fraction of sp³-hybridized carbons (Fsp3) is 0.385. The van der Waals surface area contributed by atoms with Crippen molar-refractivity contribution >= 4 is 17.4 Å². The maximum atomic E-state index is 3.88. The average Bonchev–Trinajstić information content (AvgIpc) is 2.34. The molecule has 0 amide bonds. The fourth-order valence-corrected chi connectivity index (χ4v) is 1.94. The van der Waals surface area contributed by atoms with Gasteiger partial charge in [0.2, 0.25) is 0 Å². The van der Waals surface area contributed by atoms with Crippen molar-refractivity contribution < 1.29 is 0 Å². The number of anilines is 1. The number of fused-ring (bicyclic) bond motifs is 1. The van der Waals surface area contributed by atoms with Crippen molar-refractivity contribution in [3.05, 3.63) is 36.5 Å². The number of nitrogens with one attached hydrogen (secondary N) is 1. The van der Waals surface area contributed by atoms with Crippen molar-refractivity contribution in [1.82, 2.24) is 0 Å². The van der Waals surface area contributed by atoms with Crippen molar-refractivity contribution in [1.29, 1.82) is 0 Å². The molecule has 0 aliphatic carbocycles. The highest BCUT2D eigenvalue weighted by Crippen LogP contribution is 2.33. The summed E-state index contributed by atoms with van der Waals surface area (Å²) in [5.41, 5.74) is 2.28. The largest absolute Gasteiger partial charge is 0.358 e. The van der Waals surface area contributed by atoms with Gasteiger partial charge < -0.3 is 5.32 Å². The number of para-hydroxylation sites is 1. The van der Waals surface area contributed by atoms with Crippen LogP contribution in [0.1, 0.15) is 27.7 Å². The Balaban J connectivity index is 0.000000442. The molecule has 0 spiro atoms. The van der Waals surface area contributed by atoms with E-state index >= 15 is 0 Å². The molecule has 84 valence electrons. The molecule has 0 aromatic heterocycles. The molecule has 15 heavy (non-hydrogen) atoms. The highest BCUT2D eigenvalue weighted by Gasteiger charge is 2.08. The van der Waals surface area contributed by atoms with E-state index in [1.807, 2.05) is 45.5 Å². The van der Waals surface area contributed by atoms with Crippen LogP contribution >= 0.6 is 11.8 Å². The molecule has 0 saturated heterocycles. The second-order valence-corrected chi connectivity index (χ2v) is 3.53. The van der Waals surface area contributed by atoms with Gasteiger partial charge >= 0.3 is 0 Å². The minimum absolute atomic E-state index is 0.983. The third-order valence-corrected chi connectivity index (χ3v) is 2.76. The molecule has 1 aliphatic rings. The van der Waals surface area contributed by atoms with Crippen LogP contribution in [0.25, 0.3) is 0 Å². The monoisotopic (exact) mass is 223 g/mol. The van der Waals surface area contributed by atoms with Gasteiger partial charge in [-0.1, -0.05) is 46.4 Å². The van der Waals surface area contributed by atoms with Crippen molar-refractivity contribution in [2.45, 2.75) is 32.6 Å². The molecule has 0 bridgehead atoms. The predicted octanol–water partition coefficient (Wildman–Crippen LogP) is 4.77. The number of hydrogen-bond donors (Lipinski definition) is 1. The quantitative estimate of drug-likeness (QED) is 0.680. The molecular formula is C13H21NS. The van der Waals surface area contributed by atoms with E-state index in [9.17, 15) is 0 Å². The Kier molecular flexibility index (Phi) is 7.92. The summed E-state index contributed by atoms with van der Waals surface area (Å²) >= 11 is 1.83. The first-order chi connectivity index (χ1) is 7.36. The van der Waals surface area contributed by atoms with Crippen molar-refractivity contribution in [2.24, 2.45) is 0 Å². The standard InChI is InChI=1S/C9H9NS.2C2H6/c1-7-6-11-9-5-3-2-4-8(9)10-7;2*1-2/h2-5,10H,1,6H2;2*1-2H3. The first-order valence-corrected chi connectivity index (χ1v) is 6.51. The van der Waals surface area contributed by atoms with E-state index < -0.39 is 0 Å². The molecular weight excluding hydrogens is 202 g/mol. The van der Waals surface area contributed by atoms with E-state index in [1.54, 1.807) is 0 Å². The zero-order valence-electron chi connectivity index (χ0n) is 10.1. The van der Waals surface area contributed by atoms with Gasteiger partial charge in [0.15, 0.2) is 0 Å². The molecule has 1 nitrogen and oxygen atoms in total. The van der Waals surface area contributed by atoms with Crippen LogP contribution in [-0.2, 0) is 0 Å². The Hall–Kier alpha value is -0.890. The van der Waals surface area contributed by atoms with Gasteiger partial charge in [0, 0.05) is 16.3 Å². The third-order valence-electron chi connectivity index (χ3n) is 1.60. The van der Waals surface area contributed by atoms with Crippen LogP contribution in [0, 0.1) is 0 Å². The summed E-state index contributed by atoms with van der Waals surface area (Å²) in [7, 11) is 0. The van der Waals surface area contributed by atoms with Crippen molar-refractivity contribution in [3.63, 3.8) is 0 Å². The van der Waals surface area contributed by atoms with Crippen LogP contribution in [0.3, 0.4) is 0 Å². The molecule has 0 radical (unpaired) electrons. The maximum Gasteiger partial charge on any atom is 0.0520 e. The summed E-state index contributed by atoms with van der Waals surface area (Å²) in [4.78, 5) is 1.32. The summed E-state index contributed by atoms with van der Waals surface area (Å²) in [5.74, 6) is 0.983. The molecule has 0 saturated carbocycles. The molecule has 2 heteroatoms. The predicted molar refractivity (Wildman–Crippen MR) is 72.6 cm³/mol. The molecule has 2 rings (SSSR count). The molecule has 0 atom stereocenters. The molecule has 1 heterocycles. The van der Waals surface area contributed by atoms with Crippen LogP contribution in [-0.4, -0.2) is 5.75 Å². The number of benzene rings is 1. The molecule has 0 unspecified atom stereocenters. The molecule has 1 aromatic rings. The van der Waals surface area contributed by atoms with E-state index in [1.165, 1.54) is 10.6 Å². The van der Waals surface area contributed by atoms with Gasteiger partial charge in [-0.25, -0.2) is 0 Å². The van der Waals surface area contributed by atoms with Crippen LogP contribution < -0.4 is 5.32 Å². The van der Waals surface area contributed by atoms with Gasteiger partial charge in [-0.2, -0.15) is 0 Å². The number of hydrogen-bond acceptors (Lipinski definition) is 2.